The van der Waals surface area contributed by atoms with Gasteiger partial charge in [0.15, 0.2) is 0 Å². The summed E-state index contributed by atoms with van der Waals surface area (Å²) in [6.45, 7) is 3.08. The number of aryl methyl sites for hydroxylation is 1. The molecule has 0 spiro atoms. The van der Waals surface area contributed by atoms with E-state index < -0.39 is 0 Å². The quantitative estimate of drug-likeness (QED) is 0.238. The number of para-hydroxylation sites is 2. The molecule has 3 aromatic carbocycles. The van der Waals surface area contributed by atoms with E-state index in [2.05, 4.69) is 93.8 Å². The normalized spacial score (nSPS) is 11.5. The topological polar surface area (TPSA) is 22.8 Å². The van der Waals surface area contributed by atoms with Crippen molar-refractivity contribution in [2.75, 3.05) is 0 Å². The van der Waals surface area contributed by atoms with Gasteiger partial charge >= 0.3 is 0 Å². The molecule has 0 saturated carbocycles. The van der Waals surface area contributed by atoms with Crippen molar-refractivity contribution < 1.29 is 20.1 Å². The molecule has 0 amide bonds. The molecule has 0 unspecified atom stereocenters. The second-order valence-corrected chi connectivity index (χ2v) is 7.10. The van der Waals surface area contributed by atoms with Gasteiger partial charge in [-0.15, -0.1) is 12.1 Å². The monoisotopic (exact) mass is 553 g/mol. The fourth-order valence-corrected chi connectivity index (χ4v) is 4.48. The molecule has 1 radical (unpaired) electrons. The summed E-state index contributed by atoms with van der Waals surface area (Å²) in [7, 11) is 0. The SMILES string of the molecule is CCn1c2cc(-n3c4ccccc4c4ccccc43)c[c-]c2c2ncccc21.[Ir]. The molecule has 29 heavy (non-hydrogen) atoms. The third-order valence-corrected chi connectivity index (χ3v) is 5.66. The van der Waals surface area contributed by atoms with Gasteiger partial charge in [0.25, 0.3) is 0 Å². The van der Waals surface area contributed by atoms with Crippen molar-refractivity contribution in [3.8, 4) is 5.69 Å². The van der Waals surface area contributed by atoms with E-state index in [0.29, 0.717) is 0 Å². The van der Waals surface area contributed by atoms with Gasteiger partial charge in [0, 0.05) is 65.7 Å². The predicted octanol–water partition coefficient (Wildman–Crippen LogP) is 6.10. The smallest absolute Gasteiger partial charge is 0.0452 e. The maximum atomic E-state index is 4.61. The van der Waals surface area contributed by atoms with Gasteiger partial charge in [-0.25, -0.2) is 0 Å². The number of nitrogens with zero attached hydrogens (tertiary/aromatic N) is 3. The van der Waals surface area contributed by atoms with Crippen LogP contribution in [0.2, 0.25) is 0 Å². The Hall–Kier alpha value is -2.94. The number of benzene rings is 3. The van der Waals surface area contributed by atoms with Gasteiger partial charge < -0.3 is 14.1 Å². The Morgan fingerprint density at radius 3 is 2.17 bits per heavy atom. The van der Waals surface area contributed by atoms with Crippen molar-refractivity contribution in [1.82, 2.24) is 14.1 Å². The molecule has 0 atom stereocenters. The number of hydrogen-bond acceptors (Lipinski definition) is 1. The van der Waals surface area contributed by atoms with Crippen molar-refractivity contribution in [3.63, 3.8) is 0 Å². The standard InChI is InChI=1S/C25H18N3.Ir/c1-2-27-23-12-7-15-26-25(23)20-14-13-17(16-24(20)27)28-21-10-5-3-8-18(21)19-9-4-6-11-22(19)28;/h3-13,15-16H,2H2,1H3;/q-1;. The van der Waals surface area contributed by atoms with E-state index in [1.54, 1.807) is 0 Å². The first-order valence-electron chi connectivity index (χ1n) is 9.64. The molecule has 0 bridgehead atoms. The van der Waals surface area contributed by atoms with Crippen LogP contribution in [0, 0.1) is 6.07 Å². The van der Waals surface area contributed by atoms with E-state index in [0.717, 1.165) is 28.7 Å². The maximum absolute atomic E-state index is 4.61. The number of rotatable bonds is 2. The summed E-state index contributed by atoms with van der Waals surface area (Å²) in [4.78, 5) is 4.61. The second-order valence-electron chi connectivity index (χ2n) is 7.10. The molecule has 3 aromatic heterocycles. The van der Waals surface area contributed by atoms with Crippen LogP contribution in [0.5, 0.6) is 0 Å². The molecule has 4 heteroatoms. The van der Waals surface area contributed by atoms with Crippen LogP contribution < -0.4 is 0 Å². The van der Waals surface area contributed by atoms with Gasteiger partial charge in [0.05, 0.1) is 0 Å². The van der Waals surface area contributed by atoms with E-state index in [1.807, 2.05) is 12.3 Å². The van der Waals surface area contributed by atoms with Crippen LogP contribution in [-0.4, -0.2) is 14.1 Å². The fourth-order valence-electron chi connectivity index (χ4n) is 4.48. The Balaban J connectivity index is 0.00000181. The van der Waals surface area contributed by atoms with Crippen LogP contribution in [0.25, 0.3) is 49.4 Å². The van der Waals surface area contributed by atoms with E-state index in [-0.39, 0.29) is 20.1 Å². The maximum Gasteiger partial charge on any atom is 0.0452 e. The van der Waals surface area contributed by atoms with Gasteiger partial charge in [-0.1, -0.05) is 47.9 Å². The molecule has 0 aliphatic rings. The van der Waals surface area contributed by atoms with Gasteiger partial charge in [0.2, 0.25) is 0 Å². The zero-order valence-electron chi connectivity index (χ0n) is 15.9. The first kappa shape index (κ1) is 18.1. The minimum Gasteiger partial charge on any atom is -0.388 e. The molecular weight excluding hydrogens is 535 g/mol. The van der Waals surface area contributed by atoms with Crippen LogP contribution in [-0.2, 0) is 26.7 Å². The van der Waals surface area contributed by atoms with Crippen molar-refractivity contribution >= 4 is 43.7 Å². The number of aromatic nitrogens is 3. The minimum atomic E-state index is 0. The fraction of sp³-hybridized carbons (Fsp3) is 0.0800. The van der Waals surface area contributed by atoms with Gasteiger partial charge in [-0.3, -0.25) is 0 Å². The largest absolute Gasteiger partial charge is 0.388 e. The molecule has 143 valence electrons. The van der Waals surface area contributed by atoms with E-state index in [1.165, 1.54) is 27.3 Å². The third kappa shape index (κ3) is 2.50. The summed E-state index contributed by atoms with van der Waals surface area (Å²) in [5.74, 6) is 0. The Morgan fingerprint density at radius 2 is 1.48 bits per heavy atom. The summed E-state index contributed by atoms with van der Waals surface area (Å²) >= 11 is 0. The van der Waals surface area contributed by atoms with Gasteiger partial charge in [-0.05, 0) is 42.4 Å². The Kier molecular flexibility index (Phi) is 4.27. The summed E-state index contributed by atoms with van der Waals surface area (Å²) in [6, 6.07) is 29.2. The summed E-state index contributed by atoms with van der Waals surface area (Å²) in [5, 5.41) is 3.63. The van der Waals surface area contributed by atoms with E-state index in [4.69, 9.17) is 0 Å². The molecule has 3 heterocycles. The molecule has 0 saturated heterocycles. The Labute approximate surface area is 181 Å². The second kappa shape index (κ2) is 6.84. The molecule has 0 aliphatic carbocycles. The zero-order chi connectivity index (χ0) is 18.7. The molecule has 6 rings (SSSR count). The average molecular weight is 553 g/mol. The van der Waals surface area contributed by atoms with Crippen LogP contribution in [0.15, 0.2) is 79.0 Å². The Morgan fingerprint density at radius 1 is 0.828 bits per heavy atom. The zero-order valence-corrected chi connectivity index (χ0v) is 18.3. The van der Waals surface area contributed by atoms with Gasteiger partial charge in [0.1, 0.15) is 0 Å². The first-order valence-corrected chi connectivity index (χ1v) is 9.64. The number of pyridine rings is 1. The average Bonchev–Trinajstić information content (AvgIpc) is 3.26. The molecule has 0 aliphatic heterocycles. The summed E-state index contributed by atoms with van der Waals surface area (Å²) < 4.78 is 4.66. The summed E-state index contributed by atoms with van der Waals surface area (Å²) in [5.41, 5.74) is 6.92. The third-order valence-electron chi connectivity index (χ3n) is 5.66. The van der Waals surface area contributed by atoms with Crippen LogP contribution in [0.3, 0.4) is 0 Å². The van der Waals surface area contributed by atoms with Crippen LogP contribution >= 0.6 is 0 Å². The van der Waals surface area contributed by atoms with Crippen LogP contribution in [0.4, 0.5) is 0 Å². The molecular formula is C25H18IrN3-. The molecule has 0 N–H and O–H groups in total. The predicted molar refractivity (Wildman–Crippen MR) is 116 cm³/mol. The summed E-state index contributed by atoms with van der Waals surface area (Å²) in [6.07, 6.45) is 1.86. The molecule has 3 nitrogen and oxygen atoms in total. The first-order chi connectivity index (χ1) is 13.9. The molecule has 6 aromatic rings. The van der Waals surface area contributed by atoms with Crippen molar-refractivity contribution in [1.29, 1.82) is 0 Å². The van der Waals surface area contributed by atoms with Crippen LogP contribution in [0.1, 0.15) is 6.92 Å². The van der Waals surface area contributed by atoms with E-state index in [9.17, 15) is 0 Å². The Bertz CT molecular complexity index is 1450. The van der Waals surface area contributed by atoms with Crippen molar-refractivity contribution in [2.24, 2.45) is 0 Å². The van der Waals surface area contributed by atoms with Crippen molar-refractivity contribution in [2.45, 2.75) is 13.5 Å². The number of hydrogen-bond donors (Lipinski definition) is 0. The van der Waals surface area contributed by atoms with E-state index >= 15 is 0 Å². The minimum absolute atomic E-state index is 0. The number of fused-ring (bicyclic) bond motifs is 6. The van der Waals surface area contributed by atoms with Crippen molar-refractivity contribution in [3.05, 3.63) is 85.1 Å². The van der Waals surface area contributed by atoms with Gasteiger partial charge in [-0.2, -0.15) is 0 Å². The molecule has 0 fully saturated rings.